The number of nitrogens with zero attached hydrogens (tertiary/aromatic N) is 1. The maximum absolute atomic E-state index is 12.4. The minimum absolute atomic E-state index is 0.203. The first-order chi connectivity index (χ1) is 9.11. The minimum atomic E-state index is -0.272. The molecule has 0 saturated heterocycles. The Hall–Kier alpha value is -2.36. The number of carbonyl (C=O) groups is 1. The number of benzene rings is 1. The molecular weight excluding hydrogens is 240 g/mol. The number of carbonyl (C=O) groups excluding carboxylic acids is 1. The highest BCUT2D eigenvalue weighted by molar-refractivity contribution is 6.04. The number of aromatic amines is 1. The second-order valence-corrected chi connectivity index (χ2v) is 4.32. The van der Waals surface area contributed by atoms with Crippen LogP contribution in [0.4, 0.5) is 5.69 Å². The lowest BCUT2D eigenvalue weighted by Crippen LogP contribution is -2.32. The quantitative estimate of drug-likeness (QED) is 0.916. The Morgan fingerprint density at radius 2 is 1.95 bits per heavy atom. The normalized spacial score (nSPS) is 10.2. The van der Waals surface area contributed by atoms with Crippen molar-refractivity contribution in [2.75, 3.05) is 11.4 Å². The van der Waals surface area contributed by atoms with Crippen LogP contribution in [-0.4, -0.2) is 17.4 Å². The second kappa shape index (κ2) is 5.52. The van der Waals surface area contributed by atoms with Gasteiger partial charge in [-0.3, -0.25) is 9.59 Å². The number of nitrogens with one attached hydrogen (secondary N) is 1. The summed E-state index contributed by atoms with van der Waals surface area (Å²) in [4.78, 5) is 27.9. The number of rotatable bonds is 3. The average Bonchev–Trinajstić information content (AvgIpc) is 2.39. The van der Waals surface area contributed by atoms with Crippen LogP contribution in [0.1, 0.15) is 23.0 Å². The third-order valence-electron chi connectivity index (χ3n) is 2.87. The molecule has 1 aromatic heterocycles. The number of anilines is 1. The Bertz CT molecular complexity index is 646. The molecule has 0 aliphatic heterocycles. The van der Waals surface area contributed by atoms with Crippen molar-refractivity contribution in [3.8, 4) is 0 Å². The lowest BCUT2D eigenvalue weighted by Gasteiger charge is -2.21. The molecule has 0 spiro atoms. The molecule has 0 aliphatic rings. The van der Waals surface area contributed by atoms with Gasteiger partial charge in [-0.1, -0.05) is 18.2 Å². The fourth-order valence-electron chi connectivity index (χ4n) is 1.96. The zero-order valence-corrected chi connectivity index (χ0v) is 11.0. The monoisotopic (exact) mass is 256 g/mol. The molecule has 0 radical (unpaired) electrons. The number of hydrogen-bond donors (Lipinski definition) is 1. The lowest BCUT2D eigenvalue weighted by atomic mass is 10.2. The molecule has 98 valence electrons. The highest BCUT2D eigenvalue weighted by atomic mass is 16.2. The SMILES string of the molecule is CCN(C(=O)c1cccc(=O)[nH]1)c1cccc(C)c1. The van der Waals surface area contributed by atoms with Gasteiger partial charge in [-0.15, -0.1) is 0 Å². The highest BCUT2D eigenvalue weighted by Crippen LogP contribution is 2.17. The van der Waals surface area contributed by atoms with Crippen LogP contribution in [0, 0.1) is 6.92 Å². The van der Waals surface area contributed by atoms with Crippen molar-refractivity contribution in [3.05, 3.63) is 64.1 Å². The molecule has 1 N–H and O–H groups in total. The van der Waals surface area contributed by atoms with E-state index in [1.54, 1.807) is 17.0 Å². The number of amides is 1. The Balaban J connectivity index is 2.37. The third-order valence-corrected chi connectivity index (χ3v) is 2.87. The summed E-state index contributed by atoms with van der Waals surface area (Å²) in [5.74, 6) is -0.203. The molecule has 19 heavy (non-hydrogen) atoms. The van der Waals surface area contributed by atoms with Gasteiger partial charge in [-0.05, 0) is 37.6 Å². The van der Waals surface area contributed by atoms with Crippen molar-refractivity contribution in [2.24, 2.45) is 0 Å². The topological polar surface area (TPSA) is 53.2 Å². The standard InChI is InChI=1S/C15H16N2O2/c1-3-17(12-7-4-6-11(2)10-12)15(19)13-8-5-9-14(18)16-13/h4-10H,3H2,1-2H3,(H,16,18). The number of H-pyrrole nitrogens is 1. The van der Waals surface area contributed by atoms with E-state index in [0.29, 0.717) is 12.2 Å². The zero-order chi connectivity index (χ0) is 13.8. The molecule has 0 unspecified atom stereocenters. The Morgan fingerprint density at radius 1 is 1.21 bits per heavy atom. The Labute approximate surface area is 111 Å². The van der Waals surface area contributed by atoms with Gasteiger partial charge in [0.1, 0.15) is 5.69 Å². The number of pyridine rings is 1. The summed E-state index contributed by atoms with van der Waals surface area (Å²) >= 11 is 0. The summed E-state index contributed by atoms with van der Waals surface area (Å²) < 4.78 is 0. The van der Waals surface area contributed by atoms with Gasteiger partial charge in [-0.25, -0.2) is 0 Å². The summed E-state index contributed by atoms with van der Waals surface area (Å²) in [6.45, 7) is 4.42. The smallest absolute Gasteiger partial charge is 0.274 e. The fourth-order valence-corrected chi connectivity index (χ4v) is 1.96. The van der Waals surface area contributed by atoms with Crippen molar-refractivity contribution >= 4 is 11.6 Å². The zero-order valence-electron chi connectivity index (χ0n) is 11.0. The largest absolute Gasteiger partial charge is 0.318 e. The van der Waals surface area contributed by atoms with Crippen LogP contribution in [0.15, 0.2) is 47.3 Å². The van der Waals surface area contributed by atoms with Crippen molar-refractivity contribution in [1.29, 1.82) is 0 Å². The van der Waals surface area contributed by atoms with Crippen molar-refractivity contribution in [3.63, 3.8) is 0 Å². The lowest BCUT2D eigenvalue weighted by molar-refractivity contribution is 0.0983. The molecule has 2 rings (SSSR count). The van der Waals surface area contributed by atoms with Crippen LogP contribution in [0.25, 0.3) is 0 Å². The molecule has 0 fully saturated rings. The van der Waals surface area contributed by atoms with Crippen molar-refractivity contribution in [1.82, 2.24) is 4.98 Å². The van der Waals surface area contributed by atoms with Gasteiger partial charge in [0.25, 0.3) is 5.91 Å². The van der Waals surface area contributed by atoms with Gasteiger partial charge in [0.05, 0.1) is 0 Å². The molecule has 2 aromatic rings. The maximum atomic E-state index is 12.4. The molecule has 0 saturated carbocycles. The van der Waals surface area contributed by atoms with E-state index in [1.807, 2.05) is 38.1 Å². The van der Waals surface area contributed by atoms with Crippen LogP contribution in [-0.2, 0) is 0 Å². The van der Waals surface area contributed by atoms with E-state index < -0.39 is 0 Å². The molecule has 0 atom stereocenters. The van der Waals surface area contributed by atoms with Crippen molar-refractivity contribution in [2.45, 2.75) is 13.8 Å². The average molecular weight is 256 g/mol. The van der Waals surface area contributed by atoms with Crippen LogP contribution in [0.5, 0.6) is 0 Å². The van der Waals surface area contributed by atoms with Crippen LogP contribution >= 0.6 is 0 Å². The van der Waals surface area contributed by atoms with E-state index in [0.717, 1.165) is 11.3 Å². The van der Waals surface area contributed by atoms with Crippen LogP contribution in [0.2, 0.25) is 0 Å². The van der Waals surface area contributed by atoms with Gasteiger partial charge in [0, 0.05) is 18.3 Å². The highest BCUT2D eigenvalue weighted by Gasteiger charge is 2.16. The molecule has 1 aromatic carbocycles. The maximum Gasteiger partial charge on any atom is 0.274 e. The Kier molecular flexibility index (Phi) is 3.80. The molecule has 1 heterocycles. The van der Waals surface area contributed by atoms with Gasteiger partial charge in [-0.2, -0.15) is 0 Å². The predicted octanol–water partition coefficient (Wildman–Crippen LogP) is 2.35. The van der Waals surface area contributed by atoms with E-state index in [-0.39, 0.29) is 11.5 Å². The first kappa shape index (κ1) is 13.1. The van der Waals surface area contributed by atoms with Gasteiger partial charge >= 0.3 is 0 Å². The van der Waals surface area contributed by atoms with E-state index in [2.05, 4.69) is 4.98 Å². The first-order valence-electron chi connectivity index (χ1n) is 6.19. The number of aryl methyl sites for hydroxylation is 1. The summed E-state index contributed by atoms with van der Waals surface area (Å²) in [7, 11) is 0. The van der Waals surface area contributed by atoms with E-state index in [4.69, 9.17) is 0 Å². The molecule has 0 aliphatic carbocycles. The molecule has 1 amide bonds. The predicted molar refractivity (Wildman–Crippen MR) is 75.6 cm³/mol. The Morgan fingerprint density at radius 3 is 2.58 bits per heavy atom. The van der Waals surface area contributed by atoms with Crippen molar-refractivity contribution < 1.29 is 4.79 Å². The summed E-state index contributed by atoms with van der Waals surface area (Å²) in [5, 5.41) is 0. The number of aromatic nitrogens is 1. The van der Waals surface area contributed by atoms with E-state index in [9.17, 15) is 9.59 Å². The minimum Gasteiger partial charge on any atom is -0.318 e. The summed E-state index contributed by atoms with van der Waals surface area (Å²) in [5.41, 5.74) is 1.95. The van der Waals surface area contributed by atoms with Gasteiger partial charge in [0.15, 0.2) is 0 Å². The second-order valence-electron chi connectivity index (χ2n) is 4.32. The summed E-state index contributed by atoms with van der Waals surface area (Å²) in [6.07, 6.45) is 0. The first-order valence-corrected chi connectivity index (χ1v) is 6.19. The van der Waals surface area contributed by atoms with Crippen LogP contribution < -0.4 is 10.5 Å². The molecule has 0 bridgehead atoms. The van der Waals surface area contributed by atoms with Gasteiger partial charge in [0.2, 0.25) is 5.56 Å². The van der Waals surface area contributed by atoms with E-state index in [1.165, 1.54) is 6.07 Å². The number of hydrogen-bond acceptors (Lipinski definition) is 2. The summed E-state index contributed by atoms with van der Waals surface area (Å²) in [6, 6.07) is 12.3. The fraction of sp³-hybridized carbons (Fsp3) is 0.200. The molecular formula is C15H16N2O2. The molecule has 4 nitrogen and oxygen atoms in total. The van der Waals surface area contributed by atoms with E-state index >= 15 is 0 Å². The molecule has 4 heteroatoms. The van der Waals surface area contributed by atoms with Gasteiger partial charge < -0.3 is 9.88 Å². The van der Waals surface area contributed by atoms with Crippen LogP contribution in [0.3, 0.4) is 0 Å². The third kappa shape index (κ3) is 2.91.